The Hall–Kier alpha value is -0.820. The fraction of sp³-hybridized carbons (Fsp3) is 0.538. The van der Waals surface area contributed by atoms with Gasteiger partial charge in [-0.2, -0.15) is 0 Å². The van der Waals surface area contributed by atoms with Gasteiger partial charge in [-0.05, 0) is 30.4 Å². The van der Waals surface area contributed by atoms with Gasteiger partial charge in [-0.1, -0.05) is 30.7 Å². The van der Waals surface area contributed by atoms with Crippen molar-refractivity contribution in [3.8, 4) is 0 Å². The Balaban J connectivity index is 2.27. The van der Waals surface area contributed by atoms with Crippen molar-refractivity contribution in [2.75, 3.05) is 13.7 Å². The normalized spacial score (nSPS) is 21.4. The van der Waals surface area contributed by atoms with Crippen molar-refractivity contribution in [3.05, 3.63) is 35.4 Å². The van der Waals surface area contributed by atoms with Gasteiger partial charge in [0.2, 0.25) is 0 Å². The Morgan fingerprint density at radius 2 is 2.14 bits per heavy atom. The summed E-state index contributed by atoms with van der Waals surface area (Å²) in [6.45, 7) is 0.872. The van der Waals surface area contributed by atoms with E-state index in [0.717, 1.165) is 6.61 Å². The molecule has 1 aromatic carbocycles. The van der Waals surface area contributed by atoms with Crippen LogP contribution in [-0.4, -0.2) is 13.7 Å². The van der Waals surface area contributed by atoms with Crippen molar-refractivity contribution >= 4 is 0 Å². The van der Waals surface area contributed by atoms with Gasteiger partial charge in [0.25, 0.3) is 0 Å². The third-order valence-corrected chi connectivity index (χ3v) is 3.11. The molecule has 1 atom stereocenters. The number of ether oxygens (including phenoxy) is 1. The van der Waals surface area contributed by atoms with Crippen molar-refractivity contribution < 1.29 is 4.74 Å². The van der Waals surface area contributed by atoms with Crippen LogP contribution in [0.25, 0.3) is 0 Å². The second kappa shape index (κ2) is 4.61. The van der Waals surface area contributed by atoms with Crippen molar-refractivity contribution in [2.45, 2.75) is 31.6 Å². The lowest BCUT2D eigenvalue weighted by Crippen LogP contribution is -2.06. The first-order valence-corrected chi connectivity index (χ1v) is 5.48. The van der Waals surface area contributed by atoms with Crippen LogP contribution >= 0.6 is 0 Å². The summed E-state index contributed by atoms with van der Waals surface area (Å²) in [5, 5.41) is 0. The second-order valence-electron chi connectivity index (χ2n) is 4.10. The maximum absolute atomic E-state index is 5.29. The van der Waals surface area contributed by atoms with E-state index >= 15 is 0 Å². The number of benzene rings is 1. The Morgan fingerprint density at radius 1 is 1.29 bits per heavy atom. The van der Waals surface area contributed by atoms with Crippen LogP contribution in [0.15, 0.2) is 24.3 Å². The van der Waals surface area contributed by atoms with Crippen LogP contribution in [0.2, 0.25) is 0 Å². The molecule has 0 saturated heterocycles. The summed E-state index contributed by atoms with van der Waals surface area (Å²) in [4.78, 5) is 0. The highest BCUT2D eigenvalue weighted by atomic mass is 16.5. The fourth-order valence-electron chi connectivity index (χ4n) is 2.40. The van der Waals surface area contributed by atoms with Crippen molar-refractivity contribution in [2.24, 2.45) is 0 Å². The minimum atomic E-state index is 0.624. The fourth-order valence-corrected chi connectivity index (χ4v) is 2.40. The molecule has 0 radical (unpaired) electrons. The number of rotatable bonds is 2. The average Bonchev–Trinajstić information content (AvgIpc) is 2.42. The van der Waals surface area contributed by atoms with Gasteiger partial charge in [0.05, 0.1) is 6.61 Å². The van der Waals surface area contributed by atoms with Gasteiger partial charge in [0.1, 0.15) is 0 Å². The van der Waals surface area contributed by atoms with Crippen LogP contribution in [0.3, 0.4) is 0 Å². The lowest BCUT2D eigenvalue weighted by Gasteiger charge is -2.16. The van der Waals surface area contributed by atoms with Gasteiger partial charge in [-0.15, -0.1) is 0 Å². The molecule has 14 heavy (non-hydrogen) atoms. The molecule has 1 heteroatoms. The van der Waals surface area contributed by atoms with E-state index < -0.39 is 0 Å². The molecule has 1 aliphatic rings. The molecule has 1 aliphatic carbocycles. The Morgan fingerprint density at radius 3 is 3.00 bits per heavy atom. The lowest BCUT2D eigenvalue weighted by atomic mass is 9.93. The van der Waals surface area contributed by atoms with E-state index in [4.69, 9.17) is 4.74 Å². The first-order chi connectivity index (χ1) is 6.92. The zero-order chi connectivity index (χ0) is 9.80. The van der Waals surface area contributed by atoms with Crippen molar-refractivity contribution in [1.29, 1.82) is 0 Å². The van der Waals surface area contributed by atoms with Crippen LogP contribution in [0, 0.1) is 0 Å². The topological polar surface area (TPSA) is 9.23 Å². The number of hydrogen-bond donors (Lipinski definition) is 0. The second-order valence-corrected chi connectivity index (χ2v) is 4.10. The highest BCUT2D eigenvalue weighted by Gasteiger charge is 2.17. The number of fused-ring (bicyclic) bond motifs is 1. The van der Waals surface area contributed by atoms with E-state index in [1.165, 1.54) is 36.8 Å². The molecule has 2 rings (SSSR count). The highest BCUT2D eigenvalue weighted by Crippen LogP contribution is 2.30. The summed E-state index contributed by atoms with van der Waals surface area (Å²) in [6.07, 6.45) is 5.20. The molecule has 76 valence electrons. The van der Waals surface area contributed by atoms with Gasteiger partial charge in [0.15, 0.2) is 0 Å². The number of hydrogen-bond acceptors (Lipinski definition) is 1. The first-order valence-electron chi connectivity index (χ1n) is 5.48. The molecule has 1 nitrogen and oxygen atoms in total. The first kappa shape index (κ1) is 9.72. The Bertz CT molecular complexity index is 293. The maximum atomic E-state index is 5.29. The SMILES string of the molecule is COCC1CCCCc2ccccc21. The quantitative estimate of drug-likeness (QED) is 0.651. The highest BCUT2D eigenvalue weighted by molar-refractivity contribution is 5.31. The summed E-state index contributed by atoms with van der Waals surface area (Å²) in [5.74, 6) is 0.624. The summed E-state index contributed by atoms with van der Waals surface area (Å²) < 4.78 is 5.29. The van der Waals surface area contributed by atoms with Crippen LogP contribution in [0.4, 0.5) is 0 Å². The summed E-state index contributed by atoms with van der Waals surface area (Å²) in [5.41, 5.74) is 3.05. The van der Waals surface area contributed by atoms with Gasteiger partial charge in [-0.3, -0.25) is 0 Å². The Kier molecular flexibility index (Phi) is 3.20. The molecule has 0 aromatic heterocycles. The van der Waals surface area contributed by atoms with E-state index in [-0.39, 0.29) is 0 Å². The zero-order valence-corrected chi connectivity index (χ0v) is 8.83. The molecule has 0 N–H and O–H groups in total. The van der Waals surface area contributed by atoms with E-state index in [1.807, 2.05) is 0 Å². The van der Waals surface area contributed by atoms with Gasteiger partial charge < -0.3 is 4.74 Å². The molecule has 0 heterocycles. The van der Waals surface area contributed by atoms with Gasteiger partial charge in [0, 0.05) is 13.0 Å². The van der Waals surface area contributed by atoms with E-state index in [2.05, 4.69) is 24.3 Å². The van der Waals surface area contributed by atoms with E-state index in [1.54, 1.807) is 7.11 Å². The predicted octanol–water partition coefficient (Wildman–Crippen LogP) is 3.14. The van der Waals surface area contributed by atoms with E-state index in [0.29, 0.717) is 5.92 Å². The molecule has 0 aliphatic heterocycles. The van der Waals surface area contributed by atoms with Gasteiger partial charge in [-0.25, -0.2) is 0 Å². The smallest absolute Gasteiger partial charge is 0.0531 e. The van der Waals surface area contributed by atoms with Crippen molar-refractivity contribution in [3.63, 3.8) is 0 Å². The summed E-state index contributed by atoms with van der Waals surface area (Å²) in [6, 6.07) is 8.83. The minimum absolute atomic E-state index is 0.624. The minimum Gasteiger partial charge on any atom is -0.384 e. The third kappa shape index (κ3) is 1.98. The summed E-state index contributed by atoms with van der Waals surface area (Å²) >= 11 is 0. The van der Waals surface area contributed by atoms with Crippen LogP contribution in [0.1, 0.15) is 36.3 Å². The Labute approximate surface area is 86.1 Å². The molecule has 1 aromatic rings. The zero-order valence-electron chi connectivity index (χ0n) is 8.83. The predicted molar refractivity (Wildman–Crippen MR) is 58.6 cm³/mol. The van der Waals surface area contributed by atoms with Crippen LogP contribution < -0.4 is 0 Å². The van der Waals surface area contributed by atoms with Crippen LogP contribution in [0.5, 0.6) is 0 Å². The average molecular weight is 190 g/mol. The van der Waals surface area contributed by atoms with E-state index in [9.17, 15) is 0 Å². The maximum Gasteiger partial charge on any atom is 0.0531 e. The number of aryl methyl sites for hydroxylation is 1. The van der Waals surface area contributed by atoms with Gasteiger partial charge >= 0.3 is 0 Å². The lowest BCUT2D eigenvalue weighted by molar-refractivity contribution is 0.175. The molecular formula is C13H18O. The summed E-state index contributed by atoms with van der Waals surface area (Å²) in [7, 11) is 1.80. The van der Waals surface area contributed by atoms with Crippen molar-refractivity contribution in [1.82, 2.24) is 0 Å². The molecule has 1 unspecified atom stereocenters. The van der Waals surface area contributed by atoms with Crippen LogP contribution in [-0.2, 0) is 11.2 Å². The monoisotopic (exact) mass is 190 g/mol. The standard InChI is InChI=1S/C13H18O/c1-14-10-12-8-3-2-6-11-7-4-5-9-13(11)12/h4-5,7,9,12H,2-3,6,8,10H2,1H3. The molecule has 0 spiro atoms. The number of methoxy groups -OCH3 is 1. The molecule has 0 fully saturated rings. The molecule has 0 amide bonds. The third-order valence-electron chi connectivity index (χ3n) is 3.11. The molecule has 0 saturated carbocycles. The molecule has 0 bridgehead atoms. The largest absolute Gasteiger partial charge is 0.384 e. The molecular weight excluding hydrogens is 172 g/mol.